The van der Waals surface area contributed by atoms with E-state index in [1.54, 1.807) is 36.4 Å². The van der Waals surface area contributed by atoms with Crippen molar-refractivity contribution in [2.24, 2.45) is 5.10 Å². The zero-order chi connectivity index (χ0) is 23.0. The maximum atomic E-state index is 12.3. The van der Waals surface area contributed by atoms with Gasteiger partial charge in [-0.25, -0.2) is 9.63 Å². The number of benzene rings is 3. The molecule has 9 nitrogen and oxygen atoms in total. The Morgan fingerprint density at radius 3 is 2.28 bits per heavy atom. The van der Waals surface area contributed by atoms with Crippen molar-refractivity contribution < 1.29 is 27.4 Å². The van der Waals surface area contributed by atoms with E-state index in [1.165, 1.54) is 50.8 Å². The maximum absolute atomic E-state index is 12.3. The van der Waals surface area contributed by atoms with Crippen molar-refractivity contribution in [1.82, 2.24) is 4.83 Å². The van der Waals surface area contributed by atoms with Crippen molar-refractivity contribution in [3.63, 3.8) is 0 Å². The lowest BCUT2D eigenvalue weighted by atomic mass is 10.2. The molecule has 0 spiro atoms. The molecule has 1 amide bonds. The number of hydrogen-bond donors (Lipinski definition) is 2. The topological polar surface area (TPSA) is 115 Å². The maximum Gasteiger partial charge on any atom is 0.417 e. The molecule has 3 aromatic carbocycles. The van der Waals surface area contributed by atoms with Crippen LogP contribution in [0.4, 0.5) is 10.5 Å². The number of rotatable bonds is 8. The molecule has 0 fully saturated rings. The van der Waals surface area contributed by atoms with Crippen molar-refractivity contribution in [2.75, 3.05) is 19.5 Å². The third kappa shape index (κ3) is 5.99. The minimum Gasteiger partial charge on any atom is -0.497 e. The lowest BCUT2D eigenvalue weighted by Gasteiger charge is -2.10. The van der Waals surface area contributed by atoms with Gasteiger partial charge in [0.1, 0.15) is 5.75 Å². The Hall–Kier alpha value is -4.05. The van der Waals surface area contributed by atoms with E-state index in [9.17, 15) is 13.2 Å². The van der Waals surface area contributed by atoms with Gasteiger partial charge in [0.25, 0.3) is 10.0 Å². The van der Waals surface area contributed by atoms with Crippen molar-refractivity contribution in [1.29, 1.82) is 0 Å². The highest BCUT2D eigenvalue weighted by Gasteiger charge is 2.13. The molecule has 0 radical (unpaired) electrons. The lowest BCUT2D eigenvalue weighted by Crippen LogP contribution is -2.18. The van der Waals surface area contributed by atoms with E-state index in [0.29, 0.717) is 17.0 Å². The fourth-order valence-corrected chi connectivity index (χ4v) is 3.38. The largest absolute Gasteiger partial charge is 0.497 e. The number of carbonyl (C=O) groups is 1. The van der Waals surface area contributed by atoms with Crippen LogP contribution in [0.1, 0.15) is 5.56 Å². The van der Waals surface area contributed by atoms with Gasteiger partial charge in [-0.3, -0.25) is 5.32 Å². The number of anilines is 1. The number of nitrogens with one attached hydrogen (secondary N) is 2. The first-order valence-electron chi connectivity index (χ1n) is 9.32. The summed E-state index contributed by atoms with van der Waals surface area (Å²) in [5.41, 5.74) is 1.11. The molecule has 0 saturated carbocycles. The third-order valence-electron chi connectivity index (χ3n) is 4.17. The SMILES string of the molecule is COc1ccc(S(=O)(=O)N/N=C\c2ccc(OC(=O)Nc3ccccc3)c(OC)c2)cc1. The molecular weight excluding hydrogens is 434 g/mol. The monoisotopic (exact) mass is 455 g/mol. The number of ether oxygens (including phenoxy) is 3. The zero-order valence-corrected chi connectivity index (χ0v) is 18.1. The minimum atomic E-state index is -3.84. The fraction of sp³-hybridized carbons (Fsp3) is 0.0909. The van der Waals surface area contributed by atoms with E-state index in [1.807, 2.05) is 6.07 Å². The van der Waals surface area contributed by atoms with Crippen LogP contribution in [-0.2, 0) is 10.0 Å². The highest BCUT2D eigenvalue weighted by molar-refractivity contribution is 7.89. The van der Waals surface area contributed by atoms with E-state index < -0.39 is 16.1 Å². The van der Waals surface area contributed by atoms with Crippen LogP contribution < -0.4 is 24.4 Å². The highest BCUT2D eigenvalue weighted by Crippen LogP contribution is 2.28. The van der Waals surface area contributed by atoms with Crippen LogP contribution in [0.5, 0.6) is 17.2 Å². The molecule has 0 saturated heterocycles. The van der Waals surface area contributed by atoms with Gasteiger partial charge in [-0.15, -0.1) is 0 Å². The van der Waals surface area contributed by atoms with E-state index in [0.717, 1.165) is 0 Å². The van der Waals surface area contributed by atoms with Gasteiger partial charge in [0.05, 0.1) is 25.3 Å². The molecule has 3 aromatic rings. The van der Waals surface area contributed by atoms with Crippen LogP contribution in [0.25, 0.3) is 0 Å². The molecule has 0 aliphatic carbocycles. The Morgan fingerprint density at radius 1 is 0.906 bits per heavy atom. The van der Waals surface area contributed by atoms with Crippen LogP contribution in [-0.4, -0.2) is 34.9 Å². The number of para-hydroxylation sites is 1. The Kier molecular flexibility index (Phi) is 7.29. The highest BCUT2D eigenvalue weighted by atomic mass is 32.2. The Bertz CT molecular complexity index is 1200. The first kappa shape index (κ1) is 22.6. The predicted octanol–water partition coefficient (Wildman–Crippen LogP) is 3.63. The first-order chi connectivity index (χ1) is 15.4. The smallest absolute Gasteiger partial charge is 0.417 e. The number of methoxy groups -OCH3 is 2. The van der Waals surface area contributed by atoms with Gasteiger partial charge in [0.2, 0.25) is 0 Å². The van der Waals surface area contributed by atoms with E-state index in [4.69, 9.17) is 14.2 Å². The molecule has 0 unspecified atom stereocenters. The third-order valence-corrected chi connectivity index (χ3v) is 5.41. The minimum absolute atomic E-state index is 0.0428. The molecular formula is C22H21N3O6S. The van der Waals surface area contributed by atoms with E-state index in [2.05, 4.69) is 15.2 Å². The Balaban J connectivity index is 1.65. The quantitative estimate of drug-likeness (QED) is 0.396. The second-order valence-electron chi connectivity index (χ2n) is 6.32. The summed E-state index contributed by atoms with van der Waals surface area (Å²) < 4.78 is 40.2. The average molecular weight is 455 g/mol. The first-order valence-corrected chi connectivity index (χ1v) is 10.8. The number of sulfonamides is 1. The summed E-state index contributed by atoms with van der Waals surface area (Å²) in [4.78, 5) is 14.3. The number of nitrogens with zero attached hydrogens (tertiary/aromatic N) is 1. The van der Waals surface area contributed by atoms with Gasteiger partial charge in [-0.1, -0.05) is 18.2 Å². The summed E-state index contributed by atoms with van der Waals surface area (Å²) >= 11 is 0. The van der Waals surface area contributed by atoms with Crippen molar-refractivity contribution in [2.45, 2.75) is 4.90 Å². The summed E-state index contributed by atoms with van der Waals surface area (Å²) in [5, 5.41) is 6.39. The predicted molar refractivity (Wildman–Crippen MR) is 120 cm³/mol. The van der Waals surface area contributed by atoms with Crippen molar-refractivity contribution in [3.05, 3.63) is 78.4 Å². The molecule has 0 aliphatic heterocycles. The molecule has 0 aliphatic rings. The van der Waals surface area contributed by atoms with Crippen LogP contribution >= 0.6 is 0 Å². The molecule has 10 heteroatoms. The summed E-state index contributed by atoms with van der Waals surface area (Å²) in [6, 6.07) is 19.4. The molecule has 166 valence electrons. The molecule has 0 aromatic heterocycles. The summed E-state index contributed by atoms with van der Waals surface area (Å²) in [7, 11) is -0.924. The van der Waals surface area contributed by atoms with Crippen LogP contribution in [0.2, 0.25) is 0 Å². The molecule has 0 atom stereocenters. The van der Waals surface area contributed by atoms with Gasteiger partial charge >= 0.3 is 6.09 Å². The Labute approximate surface area is 185 Å². The number of hydrazone groups is 1. The Morgan fingerprint density at radius 2 is 1.62 bits per heavy atom. The van der Waals surface area contributed by atoms with Crippen LogP contribution in [0.15, 0.2) is 82.8 Å². The van der Waals surface area contributed by atoms with Crippen molar-refractivity contribution >= 4 is 28.0 Å². The average Bonchev–Trinajstić information content (AvgIpc) is 2.80. The summed E-state index contributed by atoms with van der Waals surface area (Å²) in [5.74, 6) is 1.01. The van der Waals surface area contributed by atoms with Gasteiger partial charge in [-0.2, -0.15) is 13.5 Å². The fourth-order valence-electron chi connectivity index (χ4n) is 2.59. The lowest BCUT2D eigenvalue weighted by molar-refractivity contribution is 0.213. The number of carbonyl (C=O) groups excluding carboxylic acids is 1. The molecule has 2 N–H and O–H groups in total. The molecule has 0 bridgehead atoms. The zero-order valence-electron chi connectivity index (χ0n) is 17.3. The summed E-state index contributed by atoms with van der Waals surface area (Å²) in [6.45, 7) is 0. The summed E-state index contributed by atoms with van der Waals surface area (Å²) in [6.07, 6.45) is 0.625. The number of amides is 1. The van der Waals surface area contributed by atoms with Gasteiger partial charge in [0, 0.05) is 5.69 Å². The van der Waals surface area contributed by atoms with E-state index >= 15 is 0 Å². The van der Waals surface area contributed by atoms with Gasteiger partial charge < -0.3 is 14.2 Å². The second-order valence-corrected chi connectivity index (χ2v) is 7.98. The standard InChI is InChI=1S/C22H21N3O6S/c1-29-18-9-11-19(12-10-18)32(27,28)25-23-15-16-8-13-20(21(14-16)30-2)31-22(26)24-17-6-4-3-5-7-17/h3-15,25H,1-2H3,(H,24,26)/b23-15-. The van der Waals surface area contributed by atoms with Crippen LogP contribution in [0.3, 0.4) is 0 Å². The van der Waals surface area contributed by atoms with E-state index in [-0.39, 0.29) is 16.4 Å². The number of hydrogen-bond acceptors (Lipinski definition) is 7. The van der Waals surface area contributed by atoms with Crippen molar-refractivity contribution in [3.8, 4) is 17.2 Å². The van der Waals surface area contributed by atoms with Crippen LogP contribution in [0, 0.1) is 0 Å². The second kappa shape index (κ2) is 10.3. The van der Waals surface area contributed by atoms with Gasteiger partial charge in [0.15, 0.2) is 11.5 Å². The van der Waals surface area contributed by atoms with Gasteiger partial charge in [-0.05, 0) is 60.2 Å². The molecule has 32 heavy (non-hydrogen) atoms. The molecule has 0 heterocycles. The molecule has 3 rings (SSSR count). The normalized spacial score (nSPS) is 11.1.